The second-order valence-corrected chi connectivity index (χ2v) is 7.20. The molecular formula is C20H24N2. The Hall–Kier alpha value is -1.64. The number of nitrogens with zero attached hydrogens (tertiary/aromatic N) is 1. The number of hydrogen-bond donors (Lipinski definition) is 1. The molecule has 2 aliphatic rings. The first kappa shape index (κ1) is 14.0. The van der Waals surface area contributed by atoms with E-state index in [1.54, 1.807) is 0 Å². The Bertz CT molecular complexity index is 623. The molecule has 1 saturated heterocycles. The van der Waals surface area contributed by atoms with Gasteiger partial charge in [0.05, 0.1) is 0 Å². The molecule has 1 unspecified atom stereocenters. The highest BCUT2D eigenvalue weighted by molar-refractivity contribution is 5.71. The summed E-state index contributed by atoms with van der Waals surface area (Å²) in [5.41, 5.74) is 6.16. The van der Waals surface area contributed by atoms with Gasteiger partial charge in [0.2, 0.25) is 0 Å². The van der Waals surface area contributed by atoms with Crippen LogP contribution in [-0.2, 0) is 13.1 Å². The molecule has 2 heteroatoms. The zero-order valence-electron chi connectivity index (χ0n) is 13.3. The van der Waals surface area contributed by atoms with Crippen LogP contribution >= 0.6 is 0 Å². The maximum absolute atomic E-state index is 3.53. The third kappa shape index (κ3) is 2.57. The van der Waals surface area contributed by atoms with E-state index in [2.05, 4.69) is 65.7 Å². The molecule has 4 rings (SSSR count). The van der Waals surface area contributed by atoms with Crippen molar-refractivity contribution in [3.8, 4) is 11.1 Å². The van der Waals surface area contributed by atoms with Crippen LogP contribution in [0.3, 0.4) is 0 Å². The molecule has 0 amide bonds. The minimum absolute atomic E-state index is 0.411. The van der Waals surface area contributed by atoms with Crippen LogP contribution in [0, 0.1) is 5.41 Å². The summed E-state index contributed by atoms with van der Waals surface area (Å²) in [6.45, 7) is 8.02. The van der Waals surface area contributed by atoms with E-state index in [1.807, 2.05) is 0 Å². The first-order valence-electron chi connectivity index (χ1n) is 8.33. The molecular weight excluding hydrogens is 268 g/mol. The Morgan fingerprint density at radius 2 is 1.55 bits per heavy atom. The van der Waals surface area contributed by atoms with Crippen molar-refractivity contribution in [2.75, 3.05) is 19.6 Å². The van der Waals surface area contributed by atoms with Gasteiger partial charge >= 0.3 is 0 Å². The van der Waals surface area contributed by atoms with Crippen LogP contribution < -0.4 is 5.32 Å². The van der Waals surface area contributed by atoms with Gasteiger partial charge in [-0.3, -0.25) is 4.90 Å². The van der Waals surface area contributed by atoms with Crippen molar-refractivity contribution in [1.29, 1.82) is 0 Å². The van der Waals surface area contributed by atoms with Crippen molar-refractivity contribution < 1.29 is 0 Å². The molecule has 0 aliphatic carbocycles. The van der Waals surface area contributed by atoms with Crippen LogP contribution in [0.5, 0.6) is 0 Å². The third-order valence-electron chi connectivity index (χ3n) is 5.18. The predicted octanol–water partition coefficient (Wildman–Crippen LogP) is 3.67. The van der Waals surface area contributed by atoms with Crippen molar-refractivity contribution in [3.05, 3.63) is 59.7 Å². The lowest BCUT2D eigenvalue weighted by Crippen LogP contribution is -2.36. The highest BCUT2D eigenvalue weighted by Gasteiger charge is 2.31. The Balaban J connectivity index is 1.70. The molecule has 0 radical (unpaired) electrons. The number of nitrogens with one attached hydrogen (secondary N) is 1. The van der Waals surface area contributed by atoms with Crippen molar-refractivity contribution in [2.24, 2.45) is 5.41 Å². The third-order valence-corrected chi connectivity index (χ3v) is 5.18. The first-order chi connectivity index (χ1) is 10.7. The molecule has 114 valence electrons. The van der Waals surface area contributed by atoms with Crippen molar-refractivity contribution in [2.45, 2.75) is 26.4 Å². The molecule has 0 saturated carbocycles. The minimum atomic E-state index is 0.411. The Morgan fingerprint density at radius 3 is 2.09 bits per heavy atom. The fraction of sp³-hybridized carbons (Fsp3) is 0.400. The maximum Gasteiger partial charge on any atom is 0.0243 e. The van der Waals surface area contributed by atoms with E-state index in [4.69, 9.17) is 0 Å². The standard InChI is InChI=1S/C20H24N2/c1-20(10-11-21-14-20)15-22-12-16-6-2-4-8-18(16)19-9-5-3-7-17(19)13-22/h2-9,21H,10-15H2,1H3. The van der Waals surface area contributed by atoms with E-state index >= 15 is 0 Å². The second kappa shape index (κ2) is 5.53. The lowest BCUT2D eigenvalue weighted by Gasteiger charge is -2.31. The van der Waals surface area contributed by atoms with Crippen molar-refractivity contribution in [3.63, 3.8) is 0 Å². The molecule has 1 N–H and O–H groups in total. The van der Waals surface area contributed by atoms with Gasteiger partial charge in [-0.15, -0.1) is 0 Å². The summed E-state index contributed by atoms with van der Waals surface area (Å²) in [5.74, 6) is 0. The molecule has 2 heterocycles. The Kier molecular flexibility index (Phi) is 3.51. The fourth-order valence-electron chi connectivity index (χ4n) is 4.03. The second-order valence-electron chi connectivity index (χ2n) is 7.20. The highest BCUT2D eigenvalue weighted by atomic mass is 15.1. The summed E-state index contributed by atoms with van der Waals surface area (Å²) in [7, 11) is 0. The summed E-state index contributed by atoms with van der Waals surface area (Å²) < 4.78 is 0. The molecule has 2 aromatic carbocycles. The van der Waals surface area contributed by atoms with Crippen LogP contribution in [0.15, 0.2) is 48.5 Å². The van der Waals surface area contributed by atoms with Gasteiger partial charge in [-0.1, -0.05) is 55.5 Å². The summed E-state index contributed by atoms with van der Waals surface area (Å²) in [5, 5.41) is 3.53. The van der Waals surface area contributed by atoms with Crippen LogP contribution in [0.25, 0.3) is 11.1 Å². The minimum Gasteiger partial charge on any atom is -0.316 e. The summed E-state index contributed by atoms with van der Waals surface area (Å²) in [6.07, 6.45) is 1.28. The smallest absolute Gasteiger partial charge is 0.0243 e. The van der Waals surface area contributed by atoms with E-state index in [0.717, 1.165) is 26.2 Å². The number of rotatable bonds is 2. The molecule has 1 fully saturated rings. The summed E-state index contributed by atoms with van der Waals surface area (Å²) >= 11 is 0. The average molecular weight is 292 g/mol. The summed E-state index contributed by atoms with van der Waals surface area (Å²) in [6, 6.07) is 17.8. The van der Waals surface area contributed by atoms with Crippen molar-refractivity contribution >= 4 is 0 Å². The lowest BCUT2D eigenvalue weighted by molar-refractivity contribution is 0.165. The van der Waals surface area contributed by atoms with Gasteiger partial charge in [0.25, 0.3) is 0 Å². The van der Waals surface area contributed by atoms with Gasteiger partial charge in [-0.05, 0) is 40.6 Å². The van der Waals surface area contributed by atoms with Gasteiger partial charge in [0.15, 0.2) is 0 Å². The molecule has 2 nitrogen and oxygen atoms in total. The molecule has 0 spiro atoms. The monoisotopic (exact) mass is 292 g/mol. The molecule has 2 aromatic rings. The topological polar surface area (TPSA) is 15.3 Å². The van der Waals surface area contributed by atoms with Crippen molar-refractivity contribution in [1.82, 2.24) is 10.2 Å². The van der Waals surface area contributed by atoms with E-state index < -0.39 is 0 Å². The van der Waals surface area contributed by atoms with Crippen LogP contribution in [0.1, 0.15) is 24.5 Å². The first-order valence-corrected chi connectivity index (χ1v) is 8.33. The van der Waals surface area contributed by atoms with Crippen LogP contribution in [0.2, 0.25) is 0 Å². The zero-order valence-corrected chi connectivity index (χ0v) is 13.3. The van der Waals surface area contributed by atoms with E-state index in [1.165, 1.54) is 35.2 Å². The Labute approximate surface area is 133 Å². The number of hydrogen-bond acceptors (Lipinski definition) is 2. The largest absolute Gasteiger partial charge is 0.316 e. The van der Waals surface area contributed by atoms with E-state index in [0.29, 0.717) is 5.41 Å². The van der Waals surface area contributed by atoms with Crippen LogP contribution in [-0.4, -0.2) is 24.5 Å². The SMILES string of the molecule is CC1(CN2Cc3ccccc3-c3ccccc3C2)CCNC1. The highest BCUT2D eigenvalue weighted by Crippen LogP contribution is 2.34. The summed E-state index contributed by atoms with van der Waals surface area (Å²) in [4.78, 5) is 2.64. The fourth-order valence-corrected chi connectivity index (χ4v) is 4.03. The average Bonchev–Trinajstić information content (AvgIpc) is 2.88. The Morgan fingerprint density at radius 1 is 0.955 bits per heavy atom. The molecule has 2 aliphatic heterocycles. The van der Waals surface area contributed by atoms with Gasteiger partial charge in [0, 0.05) is 26.2 Å². The van der Waals surface area contributed by atoms with E-state index in [-0.39, 0.29) is 0 Å². The number of fused-ring (bicyclic) bond motifs is 3. The van der Waals surface area contributed by atoms with Gasteiger partial charge in [-0.25, -0.2) is 0 Å². The quantitative estimate of drug-likeness (QED) is 0.908. The maximum atomic E-state index is 3.53. The molecule has 22 heavy (non-hydrogen) atoms. The van der Waals surface area contributed by atoms with Gasteiger partial charge in [0.1, 0.15) is 0 Å². The van der Waals surface area contributed by atoms with Gasteiger partial charge < -0.3 is 5.32 Å². The zero-order chi connectivity index (χ0) is 15.0. The van der Waals surface area contributed by atoms with Crippen LogP contribution in [0.4, 0.5) is 0 Å². The molecule has 0 bridgehead atoms. The predicted molar refractivity (Wildman–Crippen MR) is 91.6 cm³/mol. The molecule has 0 aromatic heterocycles. The normalized spacial score (nSPS) is 24.6. The number of benzene rings is 2. The van der Waals surface area contributed by atoms with Gasteiger partial charge in [-0.2, -0.15) is 0 Å². The van der Waals surface area contributed by atoms with E-state index in [9.17, 15) is 0 Å². The molecule has 1 atom stereocenters. The lowest BCUT2D eigenvalue weighted by atomic mass is 9.89.